The van der Waals surface area contributed by atoms with Crippen LogP contribution in [0.25, 0.3) is 12.2 Å². The second-order valence-corrected chi connectivity index (χ2v) is 5.80. The van der Waals surface area contributed by atoms with Gasteiger partial charge in [-0.25, -0.2) is 4.57 Å². The highest BCUT2D eigenvalue weighted by atomic mass is 35.5. The highest BCUT2D eigenvalue weighted by Gasteiger charge is 2.02. The first-order valence-electron chi connectivity index (χ1n) is 7.40. The van der Waals surface area contributed by atoms with Gasteiger partial charge in [0.1, 0.15) is 5.75 Å². The molecule has 0 saturated heterocycles. The summed E-state index contributed by atoms with van der Waals surface area (Å²) in [6.07, 6.45) is 8.12. The number of phenols is 1. The molecule has 23 heavy (non-hydrogen) atoms. The number of rotatable bonds is 4. The summed E-state index contributed by atoms with van der Waals surface area (Å²) in [4.78, 5) is 0. The zero-order chi connectivity index (χ0) is 16.1. The van der Waals surface area contributed by atoms with Crippen molar-refractivity contribution < 1.29 is 9.67 Å². The number of hydrogen-bond donors (Lipinski definition) is 1. The number of aromatic hydroxyl groups is 1. The summed E-state index contributed by atoms with van der Waals surface area (Å²) in [5, 5.41) is 10.2. The molecule has 0 atom stereocenters. The van der Waals surface area contributed by atoms with Crippen LogP contribution in [0.4, 0.5) is 0 Å². The first-order valence-corrected chi connectivity index (χ1v) is 7.77. The van der Waals surface area contributed by atoms with Crippen molar-refractivity contribution in [2.75, 3.05) is 0 Å². The Kier molecular flexibility index (Phi) is 4.74. The van der Waals surface area contributed by atoms with E-state index in [0.717, 1.165) is 22.7 Å². The normalized spacial score (nSPS) is 11.0. The van der Waals surface area contributed by atoms with Gasteiger partial charge >= 0.3 is 0 Å². The number of nitrogens with zero attached hydrogens (tertiary/aromatic N) is 1. The molecular formula is C20H17ClNO+. The number of phenolic OH excluding ortho intramolecular Hbond substituents is 1. The van der Waals surface area contributed by atoms with E-state index < -0.39 is 0 Å². The van der Waals surface area contributed by atoms with Crippen LogP contribution in [0, 0.1) is 0 Å². The lowest BCUT2D eigenvalue weighted by molar-refractivity contribution is -0.688. The summed E-state index contributed by atoms with van der Waals surface area (Å²) >= 11 is 5.90. The van der Waals surface area contributed by atoms with E-state index in [1.54, 1.807) is 12.1 Å². The van der Waals surface area contributed by atoms with E-state index in [4.69, 9.17) is 11.6 Å². The summed E-state index contributed by atoms with van der Waals surface area (Å²) < 4.78 is 2.12. The molecule has 0 fully saturated rings. The number of pyridine rings is 1. The van der Waals surface area contributed by atoms with Gasteiger partial charge in [0.15, 0.2) is 18.9 Å². The van der Waals surface area contributed by atoms with Crippen LogP contribution >= 0.6 is 11.6 Å². The third-order valence-electron chi connectivity index (χ3n) is 3.53. The number of benzene rings is 2. The topological polar surface area (TPSA) is 24.1 Å². The minimum absolute atomic E-state index is 0.279. The van der Waals surface area contributed by atoms with Gasteiger partial charge in [-0.3, -0.25) is 0 Å². The molecule has 3 aromatic rings. The molecule has 0 bridgehead atoms. The fraction of sp³-hybridized carbons (Fsp3) is 0.0500. The molecule has 1 N–H and O–H groups in total. The highest BCUT2D eigenvalue weighted by molar-refractivity contribution is 6.30. The minimum atomic E-state index is 0.279. The first-order chi connectivity index (χ1) is 11.2. The Morgan fingerprint density at radius 1 is 0.870 bits per heavy atom. The predicted octanol–water partition coefficient (Wildman–Crippen LogP) is 4.55. The van der Waals surface area contributed by atoms with Crippen molar-refractivity contribution in [2.45, 2.75) is 6.54 Å². The summed E-state index contributed by atoms with van der Waals surface area (Å²) in [7, 11) is 0. The fourth-order valence-electron chi connectivity index (χ4n) is 2.31. The average molecular weight is 323 g/mol. The Hall–Kier alpha value is -2.58. The molecule has 3 rings (SSSR count). The largest absolute Gasteiger partial charge is 0.508 e. The molecule has 1 heterocycles. The molecule has 0 aliphatic heterocycles. The molecule has 0 unspecified atom stereocenters. The molecule has 3 heteroatoms. The van der Waals surface area contributed by atoms with Crippen molar-refractivity contribution in [3.63, 3.8) is 0 Å². The average Bonchev–Trinajstić information content (AvgIpc) is 2.56. The lowest BCUT2D eigenvalue weighted by Gasteiger charge is -1.99. The zero-order valence-corrected chi connectivity index (χ0v) is 13.3. The Morgan fingerprint density at radius 3 is 2.26 bits per heavy atom. The van der Waals surface area contributed by atoms with Crippen LogP contribution in [-0.2, 0) is 6.54 Å². The van der Waals surface area contributed by atoms with Crippen molar-refractivity contribution in [1.29, 1.82) is 0 Å². The van der Waals surface area contributed by atoms with Crippen LogP contribution in [0.5, 0.6) is 5.75 Å². The third kappa shape index (κ3) is 4.44. The first kappa shape index (κ1) is 15.3. The number of hydrogen-bond acceptors (Lipinski definition) is 1. The molecule has 2 aromatic carbocycles. The van der Waals surface area contributed by atoms with Gasteiger partial charge in [0, 0.05) is 22.7 Å². The lowest BCUT2D eigenvalue weighted by atomic mass is 10.1. The molecule has 0 radical (unpaired) electrons. The van der Waals surface area contributed by atoms with E-state index >= 15 is 0 Å². The summed E-state index contributed by atoms with van der Waals surface area (Å²) in [6, 6.07) is 19.2. The summed E-state index contributed by atoms with van der Waals surface area (Å²) in [5.74, 6) is 0.279. The zero-order valence-electron chi connectivity index (χ0n) is 12.6. The Labute approximate surface area is 140 Å². The van der Waals surface area contributed by atoms with Crippen LogP contribution in [0.2, 0.25) is 5.02 Å². The lowest BCUT2D eigenvalue weighted by Crippen LogP contribution is -2.33. The fourth-order valence-corrected chi connectivity index (χ4v) is 2.43. The third-order valence-corrected chi connectivity index (χ3v) is 3.79. The van der Waals surface area contributed by atoms with E-state index in [0.29, 0.717) is 0 Å². The highest BCUT2D eigenvalue weighted by Crippen LogP contribution is 2.14. The molecule has 2 nitrogen and oxygen atoms in total. The maximum absolute atomic E-state index is 9.46. The van der Waals surface area contributed by atoms with Gasteiger partial charge < -0.3 is 5.11 Å². The van der Waals surface area contributed by atoms with Gasteiger partial charge in [-0.1, -0.05) is 48.0 Å². The van der Waals surface area contributed by atoms with Gasteiger partial charge in [-0.15, -0.1) is 0 Å². The van der Waals surface area contributed by atoms with E-state index in [-0.39, 0.29) is 5.75 Å². The van der Waals surface area contributed by atoms with Gasteiger partial charge in [0.25, 0.3) is 0 Å². The summed E-state index contributed by atoms with van der Waals surface area (Å²) in [5.41, 5.74) is 3.30. The van der Waals surface area contributed by atoms with E-state index in [1.165, 1.54) is 5.56 Å². The van der Waals surface area contributed by atoms with Crippen molar-refractivity contribution in [3.05, 3.63) is 94.8 Å². The second-order valence-electron chi connectivity index (χ2n) is 5.36. The number of aromatic nitrogens is 1. The Morgan fingerprint density at radius 2 is 1.57 bits per heavy atom. The monoisotopic (exact) mass is 322 g/mol. The van der Waals surface area contributed by atoms with Gasteiger partial charge in [-0.2, -0.15) is 0 Å². The smallest absolute Gasteiger partial charge is 0.173 e. The van der Waals surface area contributed by atoms with E-state index in [2.05, 4.69) is 29.1 Å². The standard InChI is InChI=1S/C20H16ClNO/c21-19-8-6-18(7-9-19)15-22-12-10-16(11-13-22)4-5-17-2-1-3-20(23)14-17/h1-14H,15H2/p+1/b5-4+. The summed E-state index contributed by atoms with van der Waals surface area (Å²) in [6.45, 7) is 0.813. The van der Waals surface area contributed by atoms with E-state index in [9.17, 15) is 5.11 Å². The molecule has 0 amide bonds. The molecule has 0 spiro atoms. The Balaban J connectivity index is 1.68. The van der Waals surface area contributed by atoms with E-state index in [1.807, 2.05) is 48.6 Å². The van der Waals surface area contributed by atoms with Gasteiger partial charge in [0.05, 0.1) is 0 Å². The molecule has 114 valence electrons. The maximum atomic E-state index is 9.46. The van der Waals surface area contributed by atoms with Crippen molar-refractivity contribution in [2.24, 2.45) is 0 Å². The SMILES string of the molecule is Oc1cccc(/C=C/c2cc[n+](Cc3ccc(Cl)cc3)cc2)c1. The molecule has 0 aliphatic rings. The van der Waals surface area contributed by atoms with Crippen molar-refractivity contribution in [1.82, 2.24) is 0 Å². The Bertz CT molecular complexity index is 808. The van der Waals surface area contributed by atoms with Crippen LogP contribution in [0.15, 0.2) is 73.1 Å². The van der Waals surface area contributed by atoms with Crippen LogP contribution < -0.4 is 4.57 Å². The van der Waals surface area contributed by atoms with Crippen LogP contribution in [0.1, 0.15) is 16.7 Å². The van der Waals surface area contributed by atoms with Crippen molar-refractivity contribution >= 4 is 23.8 Å². The second kappa shape index (κ2) is 7.12. The molecular weight excluding hydrogens is 306 g/mol. The van der Waals surface area contributed by atoms with Crippen molar-refractivity contribution in [3.8, 4) is 5.75 Å². The number of halogens is 1. The molecule has 0 aliphatic carbocycles. The van der Waals surface area contributed by atoms with Gasteiger partial charge in [-0.05, 0) is 35.4 Å². The van der Waals surface area contributed by atoms with Crippen LogP contribution in [0.3, 0.4) is 0 Å². The van der Waals surface area contributed by atoms with Gasteiger partial charge in [0.2, 0.25) is 0 Å². The predicted molar refractivity (Wildman–Crippen MR) is 94.2 cm³/mol. The molecule has 1 aromatic heterocycles. The quantitative estimate of drug-likeness (QED) is 0.700. The maximum Gasteiger partial charge on any atom is 0.173 e. The van der Waals surface area contributed by atoms with Crippen LogP contribution in [-0.4, -0.2) is 5.11 Å². The minimum Gasteiger partial charge on any atom is -0.508 e. The molecule has 0 saturated carbocycles.